The van der Waals surface area contributed by atoms with Gasteiger partial charge in [-0.25, -0.2) is 28.6 Å². The number of anilines is 1. The van der Waals surface area contributed by atoms with E-state index in [2.05, 4.69) is 114 Å². The molecule has 10 N–H and O–H groups in total. The molecular weight excluding hydrogens is 1100 g/mol. The van der Waals surface area contributed by atoms with Crippen LogP contribution >= 0.6 is 35.2 Å². The van der Waals surface area contributed by atoms with E-state index >= 15 is 0 Å². The molecule has 1 fully saturated rings. The first-order chi connectivity index (χ1) is 36.9. The number of aliphatic hydroxyl groups is 2. The zero-order valence-corrected chi connectivity index (χ0v) is 47.6. The number of aliphatic hydroxyl groups excluding tert-OH is 2. The first kappa shape index (κ1) is 67.9. The minimum atomic E-state index is -5.60. The number of Topliss-reactive ketones (excluding diaryl/α,β-unsaturated/α-hetero) is 1. The summed E-state index contributed by atoms with van der Waals surface area (Å²) in [5.74, 6) is -1.46. The molecule has 3 heterocycles. The van der Waals surface area contributed by atoms with E-state index in [4.69, 9.17) is 19.5 Å². The number of aromatic nitrogens is 4. The van der Waals surface area contributed by atoms with Gasteiger partial charge in [-0.2, -0.15) is 4.31 Å². The van der Waals surface area contributed by atoms with Gasteiger partial charge in [0.2, 0.25) is 11.8 Å². The molecule has 2 unspecified atom stereocenters. The largest absolute Gasteiger partial charge is 0.481 e. The van der Waals surface area contributed by atoms with Crippen LogP contribution in [-0.2, 0) is 55.5 Å². The minimum Gasteiger partial charge on any atom is -0.386 e. The zero-order valence-electron chi connectivity index (χ0n) is 44.1. The number of amides is 2. The third-order valence-electron chi connectivity index (χ3n) is 11.3. The first-order valence-electron chi connectivity index (χ1n) is 25.4. The standard InChI is InChI=1S/C49H76N7O18P3S/c1-4-5-6-7-8-9-10-11-12-13-14-15-16-17-18-19-20-21-22-23-24-25-26-27-37(57)32-40(59)78-31-30-51-39(58)28-29-52-47(62)44(61)49(2,3)34-71-77(68,69)74-76(66,67)70-33-38-43(73-75(63,64)65)42(60)48(72-38)56-36-55-41-45(50)53-35-54-46(41)56/h5-6,8-9,11-12,14-15,17-18,20-21,35-36,38,42-44,48,60-61H,4,7,10,13,16,19,22-34H2,1-3H3,(H,51,58)(H,52,62)(H,66,67)(H,68,69)(H2,50,53,54)(H2,63,64,65)/b6-5-,9-8-,12-11-,15-14-,18-17-,21-20-/t38-,42-,43-,44+,48-/m1/s1. The fourth-order valence-corrected chi connectivity index (χ4v) is 10.7. The van der Waals surface area contributed by atoms with E-state index in [9.17, 15) is 62.7 Å². The molecule has 0 radical (unpaired) electrons. The second-order valence-corrected chi connectivity index (χ2v) is 23.8. The molecule has 436 valence electrons. The molecule has 2 amide bonds. The summed E-state index contributed by atoms with van der Waals surface area (Å²) in [6.07, 6.45) is 29.5. The number of hydrogen-bond donors (Lipinski definition) is 9. The lowest BCUT2D eigenvalue weighted by Gasteiger charge is -2.30. The van der Waals surface area contributed by atoms with Crippen LogP contribution in [0, 0.1) is 5.41 Å². The summed E-state index contributed by atoms with van der Waals surface area (Å²) in [5.41, 5.74) is 4.24. The van der Waals surface area contributed by atoms with Crippen molar-refractivity contribution in [3.05, 3.63) is 85.6 Å². The van der Waals surface area contributed by atoms with E-state index in [-0.39, 0.29) is 59.6 Å². The van der Waals surface area contributed by atoms with Crippen molar-refractivity contribution >= 4 is 74.9 Å². The van der Waals surface area contributed by atoms with Crippen molar-refractivity contribution in [3.8, 4) is 0 Å². The fraction of sp³-hybridized carbons (Fsp3) is 0.571. The maximum atomic E-state index is 12.8. The monoisotopic (exact) mass is 1180 g/mol. The number of phosphoric acid groups is 3. The van der Waals surface area contributed by atoms with Gasteiger partial charge in [0.1, 0.15) is 42.0 Å². The lowest BCUT2D eigenvalue weighted by molar-refractivity contribution is -0.137. The quantitative estimate of drug-likeness (QED) is 0.0146. The highest BCUT2D eigenvalue weighted by atomic mass is 32.2. The highest BCUT2D eigenvalue weighted by Crippen LogP contribution is 2.61. The number of carbonyl (C=O) groups excluding carboxylic acids is 4. The van der Waals surface area contributed by atoms with E-state index < -0.39 is 84.6 Å². The van der Waals surface area contributed by atoms with E-state index in [1.54, 1.807) is 0 Å². The number of rotatable bonds is 39. The summed E-state index contributed by atoms with van der Waals surface area (Å²) >= 11 is 0.925. The van der Waals surface area contributed by atoms with Crippen LogP contribution in [0.15, 0.2) is 85.6 Å². The number of nitrogens with two attached hydrogens (primary N) is 1. The Kier molecular flexibility index (Phi) is 30.8. The normalized spacial score (nSPS) is 19.5. The summed E-state index contributed by atoms with van der Waals surface area (Å²) in [6, 6.07) is 0. The van der Waals surface area contributed by atoms with Gasteiger partial charge in [-0.05, 0) is 57.8 Å². The van der Waals surface area contributed by atoms with Crippen LogP contribution in [-0.4, -0.2) is 128 Å². The second kappa shape index (κ2) is 35.4. The number of unbranched alkanes of at least 4 members (excludes halogenated alkanes) is 4. The summed E-state index contributed by atoms with van der Waals surface area (Å²) in [6.45, 7) is 2.43. The van der Waals surface area contributed by atoms with E-state index in [1.165, 1.54) is 13.8 Å². The van der Waals surface area contributed by atoms with E-state index in [0.29, 0.717) is 12.8 Å². The molecule has 1 aliphatic heterocycles. The van der Waals surface area contributed by atoms with Crippen LogP contribution in [0.1, 0.15) is 117 Å². The summed E-state index contributed by atoms with van der Waals surface area (Å²) in [5, 5.41) is 26.2. The molecule has 0 aliphatic carbocycles. The zero-order chi connectivity index (χ0) is 57.6. The van der Waals surface area contributed by atoms with Gasteiger partial charge in [0, 0.05) is 37.1 Å². The van der Waals surface area contributed by atoms with Gasteiger partial charge in [0.05, 0.1) is 26.0 Å². The van der Waals surface area contributed by atoms with Gasteiger partial charge in [0.15, 0.2) is 22.8 Å². The number of allylic oxidation sites excluding steroid dienone is 12. The van der Waals surface area contributed by atoms with Crippen molar-refractivity contribution < 1.29 is 85.3 Å². The third-order valence-corrected chi connectivity index (χ3v) is 15.3. The molecule has 0 saturated carbocycles. The topological polar surface area (TPSA) is 381 Å². The molecule has 3 rings (SSSR count). The predicted octanol–water partition coefficient (Wildman–Crippen LogP) is 6.66. The number of nitrogens with one attached hydrogen (secondary N) is 2. The van der Waals surface area contributed by atoms with E-state index in [1.807, 2.05) is 0 Å². The third kappa shape index (κ3) is 27.2. The molecule has 1 aliphatic rings. The molecule has 7 atom stereocenters. The molecule has 78 heavy (non-hydrogen) atoms. The van der Waals surface area contributed by atoms with Gasteiger partial charge < -0.3 is 50.9 Å². The van der Waals surface area contributed by atoms with Gasteiger partial charge >= 0.3 is 23.5 Å². The second-order valence-electron chi connectivity index (χ2n) is 18.4. The average molecular weight is 1180 g/mol. The molecule has 0 aromatic carbocycles. The Morgan fingerprint density at radius 2 is 1.40 bits per heavy atom. The van der Waals surface area contributed by atoms with Crippen LogP contribution in [0.5, 0.6) is 0 Å². The van der Waals surface area contributed by atoms with Crippen LogP contribution in [0.25, 0.3) is 11.2 Å². The molecule has 25 nitrogen and oxygen atoms in total. The number of imidazole rings is 1. The molecule has 1 saturated heterocycles. The number of nitrogen functional groups attached to an aromatic ring is 1. The van der Waals surface area contributed by atoms with Crippen LogP contribution in [0.2, 0.25) is 0 Å². The number of carbonyl (C=O) groups is 4. The van der Waals surface area contributed by atoms with Crippen LogP contribution < -0.4 is 16.4 Å². The smallest absolute Gasteiger partial charge is 0.386 e. The molecule has 2 aromatic rings. The Hall–Kier alpha value is -4.33. The van der Waals surface area contributed by atoms with Crippen LogP contribution in [0.3, 0.4) is 0 Å². The molecule has 2 aromatic heterocycles. The maximum absolute atomic E-state index is 12.8. The number of ether oxygens (including phenoxy) is 1. The summed E-state index contributed by atoms with van der Waals surface area (Å²) < 4.78 is 62.5. The lowest BCUT2D eigenvalue weighted by atomic mass is 9.87. The Morgan fingerprint density at radius 3 is 2.01 bits per heavy atom. The fourth-order valence-electron chi connectivity index (χ4n) is 7.17. The number of ketones is 1. The molecule has 29 heteroatoms. The van der Waals surface area contributed by atoms with Crippen molar-refractivity contribution in [2.24, 2.45) is 5.41 Å². The number of fused-ring (bicyclic) bond motifs is 1. The van der Waals surface area contributed by atoms with Gasteiger partial charge in [0.25, 0.3) is 0 Å². The number of phosphoric ester groups is 3. The van der Waals surface area contributed by atoms with Crippen molar-refractivity contribution in [2.75, 3.05) is 37.8 Å². The van der Waals surface area contributed by atoms with Crippen LogP contribution in [0.4, 0.5) is 5.82 Å². The van der Waals surface area contributed by atoms with Crippen molar-refractivity contribution in [1.82, 2.24) is 30.2 Å². The van der Waals surface area contributed by atoms with Crippen molar-refractivity contribution in [2.45, 2.75) is 141 Å². The minimum absolute atomic E-state index is 0.0236. The predicted molar refractivity (Wildman–Crippen MR) is 293 cm³/mol. The number of hydrogen-bond acceptors (Lipinski definition) is 19. The Labute approximate surface area is 458 Å². The highest BCUT2D eigenvalue weighted by Gasteiger charge is 2.50. The lowest BCUT2D eigenvalue weighted by Crippen LogP contribution is -2.46. The maximum Gasteiger partial charge on any atom is 0.481 e. The number of nitrogens with zero attached hydrogens (tertiary/aromatic N) is 4. The van der Waals surface area contributed by atoms with Crippen molar-refractivity contribution in [3.63, 3.8) is 0 Å². The van der Waals surface area contributed by atoms with Gasteiger partial charge in [-0.1, -0.05) is 118 Å². The summed E-state index contributed by atoms with van der Waals surface area (Å²) in [4.78, 5) is 101. The molecule has 0 spiro atoms. The Morgan fingerprint density at radius 1 is 0.808 bits per heavy atom. The average Bonchev–Trinajstić information content (AvgIpc) is 4.01. The Bertz CT molecular complexity index is 2550. The Balaban J connectivity index is 1.23. The van der Waals surface area contributed by atoms with Gasteiger partial charge in [-0.15, -0.1) is 0 Å². The SMILES string of the molecule is CC/C=C\C/C=C\C/C=C\C/C=C\C/C=C\C/C=C\CCCCCCC(=O)CC(=O)SCCNC(=O)CCNC(=O)[C@H](O)C(C)(C)COP(=O)(O)OP(=O)(O)OC[C@H]1O[C@@H](n2cnc3c(N)ncnc32)[C@H](O)[C@@H]1OP(=O)(O)O. The first-order valence-corrected chi connectivity index (χ1v) is 30.9. The molecular formula is C49H76N7O18P3S. The number of thioether (sulfide) groups is 1. The van der Waals surface area contributed by atoms with E-state index in [0.717, 1.165) is 93.2 Å². The van der Waals surface area contributed by atoms with Gasteiger partial charge in [-0.3, -0.25) is 37.3 Å². The highest BCUT2D eigenvalue weighted by molar-refractivity contribution is 8.13. The molecule has 0 bridgehead atoms. The van der Waals surface area contributed by atoms with Crippen molar-refractivity contribution in [1.29, 1.82) is 0 Å². The summed E-state index contributed by atoms with van der Waals surface area (Å²) in [7, 11) is -16.5.